The average Bonchev–Trinajstić information content (AvgIpc) is 2.47. The maximum absolute atomic E-state index is 11.1. The van der Waals surface area contributed by atoms with E-state index in [2.05, 4.69) is 53.5 Å². The summed E-state index contributed by atoms with van der Waals surface area (Å²) in [5.74, 6) is 0. The van der Waals surface area contributed by atoms with Crippen molar-refractivity contribution in [3.63, 3.8) is 0 Å². The predicted octanol–water partition coefficient (Wildman–Crippen LogP) is 3.00. The van der Waals surface area contributed by atoms with E-state index in [9.17, 15) is 4.21 Å². The van der Waals surface area contributed by atoms with Crippen LogP contribution < -0.4 is 0 Å². The smallest absolute Gasteiger partial charge is 0.152 e. The van der Waals surface area contributed by atoms with Crippen molar-refractivity contribution >= 4 is 11.1 Å². The number of benzene rings is 1. The summed E-state index contributed by atoms with van der Waals surface area (Å²) in [4.78, 5) is 2.41. The Morgan fingerprint density at radius 3 is 2.67 bits per heavy atom. The molecule has 3 nitrogen and oxygen atoms in total. The second-order valence-electron chi connectivity index (χ2n) is 5.60. The summed E-state index contributed by atoms with van der Waals surface area (Å²) in [6.45, 7) is 1.69. The third-order valence-corrected chi connectivity index (χ3v) is 4.57. The minimum absolute atomic E-state index is 0.0989. The lowest BCUT2D eigenvalue weighted by molar-refractivity contribution is 0.00660. The highest BCUT2D eigenvalue weighted by Gasteiger charge is 2.36. The summed E-state index contributed by atoms with van der Waals surface area (Å²) >= 11 is -1.17. The molecule has 0 radical (unpaired) electrons. The lowest BCUT2D eigenvalue weighted by Crippen LogP contribution is -2.54. The van der Waals surface area contributed by atoms with E-state index < -0.39 is 11.1 Å². The zero-order chi connectivity index (χ0) is 14.7. The molecule has 0 aromatic heterocycles. The fourth-order valence-corrected chi connectivity index (χ4v) is 3.58. The summed E-state index contributed by atoms with van der Waals surface area (Å²) in [7, 11) is 0. The third-order valence-electron chi connectivity index (χ3n) is 4.03. The molecule has 2 atom stereocenters. The molecule has 2 aliphatic rings. The SMILES string of the molecule is CS(=O)OC1CN(C(C2=CC=CCC2)c2ccccc2)C1. The topological polar surface area (TPSA) is 29.5 Å². The van der Waals surface area contributed by atoms with Gasteiger partial charge in [-0.05, 0) is 24.0 Å². The highest BCUT2D eigenvalue weighted by atomic mass is 32.2. The molecule has 0 amide bonds. The van der Waals surface area contributed by atoms with Crippen LogP contribution in [0.4, 0.5) is 0 Å². The minimum atomic E-state index is -1.17. The molecular formula is C17H21NO2S. The zero-order valence-electron chi connectivity index (χ0n) is 12.3. The van der Waals surface area contributed by atoms with Crippen LogP contribution in [0.15, 0.2) is 54.1 Å². The largest absolute Gasteiger partial charge is 0.287 e. The molecular weight excluding hydrogens is 282 g/mol. The molecule has 3 rings (SSSR count). The van der Waals surface area contributed by atoms with E-state index in [0.717, 1.165) is 25.9 Å². The van der Waals surface area contributed by atoms with Gasteiger partial charge in [-0.3, -0.25) is 9.08 Å². The number of nitrogens with zero attached hydrogens (tertiary/aromatic N) is 1. The van der Waals surface area contributed by atoms with Gasteiger partial charge >= 0.3 is 0 Å². The lowest BCUT2D eigenvalue weighted by atomic mass is 9.89. The van der Waals surface area contributed by atoms with Crippen molar-refractivity contribution in [2.45, 2.75) is 25.0 Å². The van der Waals surface area contributed by atoms with Gasteiger partial charge in [0.2, 0.25) is 0 Å². The van der Waals surface area contributed by atoms with Gasteiger partial charge in [-0.15, -0.1) is 0 Å². The number of allylic oxidation sites excluding steroid dienone is 3. The molecule has 0 spiro atoms. The molecule has 21 heavy (non-hydrogen) atoms. The van der Waals surface area contributed by atoms with E-state index in [-0.39, 0.29) is 6.10 Å². The number of hydrogen-bond acceptors (Lipinski definition) is 3. The Bertz CT molecular complexity index is 561. The van der Waals surface area contributed by atoms with Gasteiger partial charge in [0, 0.05) is 19.3 Å². The summed E-state index contributed by atoms with van der Waals surface area (Å²) in [6, 6.07) is 10.9. The van der Waals surface area contributed by atoms with Gasteiger partial charge in [0.15, 0.2) is 11.1 Å². The molecule has 0 saturated carbocycles. The molecule has 1 aromatic rings. The van der Waals surface area contributed by atoms with Crippen LogP contribution in [0.3, 0.4) is 0 Å². The molecule has 112 valence electrons. The van der Waals surface area contributed by atoms with E-state index >= 15 is 0 Å². The van der Waals surface area contributed by atoms with Crippen LogP contribution in [0.5, 0.6) is 0 Å². The fraction of sp³-hybridized carbons (Fsp3) is 0.412. The maximum atomic E-state index is 11.1. The molecule has 1 heterocycles. The van der Waals surface area contributed by atoms with Crippen molar-refractivity contribution in [2.75, 3.05) is 19.3 Å². The van der Waals surface area contributed by atoms with Crippen LogP contribution in [0.2, 0.25) is 0 Å². The van der Waals surface area contributed by atoms with Crippen molar-refractivity contribution < 1.29 is 8.39 Å². The van der Waals surface area contributed by atoms with Gasteiger partial charge in [-0.1, -0.05) is 48.6 Å². The number of likely N-dealkylation sites (tertiary alicyclic amines) is 1. The molecule has 1 aromatic carbocycles. The van der Waals surface area contributed by atoms with Crippen molar-refractivity contribution in [3.8, 4) is 0 Å². The zero-order valence-corrected chi connectivity index (χ0v) is 13.1. The molecule has 1 aliphatic heterocycles. The Morgan fingerprint density at radius 1 is 1.29 bits per heavy atom. The van der Waals surface area contributed by atoms with Gasteiger partial charge < -0.3 is 0 Å². The summed E-state index contributed by atoms with van der Waals surface area (Å²) < 4.78 is 16.5. The number of rotatable bonds is 5. The van der Waals surface area contributed by atoms with Crippen molar-refractivity contribution in [1.29, 1.82) is 0 Å². The van der Waals surface area contributed by atoms with Gasteiger partial charge in [0.05, 0.1) is 6.04 Å². The van der Waals surface area contributed by atoms with E-state index in [1.165, 1.54) is 11.1 Å². The normalized spacial score (nSPS) is 22.4. The molecule has 1 saturated heterocycles. The molecule has 0 bridgehead atoms. The lowest BCUT2D eigenvalue weighted by Gasteiger charge is -2.44. The van der Waals surface area contributed by atoms with Crippen LogP contribution >= 0.6 is 0 Å². The van der Waals surface area contributed by atoms with Crippen molar-refractivity contribution in [2.24, 2.45) is 0 Å². The van der Waals surface area contributed by atoms with Crippen molar-refractivity contribution in [1.82, 2.24) is 4.90 Å². The minimum Gasteiger partial charge on any atom is -0.287 e. The second kappa shape index (κ2) is 6.69. The Morgan fingerprint density at radius 2 is 2.05 bits per heavy atom. The molecule has 0 N–H and O–H groups in total. The van der Waals surface area contributed by atoms with Crippen LogP contribution in [0, 0.1) is 0 Å². The Balaban J connectivity index is 1.77. The second-order valence-corrected chi connectivity index (χ2v) is 6.59. The predicted molar refractivity (Wildman–Crippen MR) is 86.2 cm³/mol. The van der Waals surface area contributed by atoms with Gasteiger partial charge in [-0.25, -0.2) is 4.21 Å². The molecule has 2 unspecified atom stereocenters. The average molecular weight is 303 g/mol. The Kier molecular flexibility index (Phi) is 4.68. The van der Waals surface area contributed by atoms with E-state index in [1.54, 1.807) is 6.26 Å². The van der Waals surface area contributed by atoms with Crippen LogP contribution in [-0.4, -0.2) is 34.6 Å². The van der Waals surface area contributed by atoms with E-state index in [4.69, 9.17) is 4.18 Å². The van der Waals surface area contributed by atoms with Crippen molar-refractivity contribution in [3.05, 3.63) is 59.7 Å². The third kappa shape index (κ3) is 3.51. The Labute approximate surface area is 129 Å². The van der Waals surface area contributed by atoms with Crippen LogP contribution in [-0.2, 0) is 15.3 Å². The maximum Gasteiger partial charge on any atom is 0.152 e. The first-order valence-corrected chi connectivity index (χ1v) is 8.87. The fourth-order valence-electron chi connectivity index (χ4n) is 3.08. The summed E-state index contributed by atoms with van der Waals surface area (Å²) in [5, 5.41) is 0. The highest BCUT2D eigenvalue weighted by molar-refractivity contribution is 7.79. The van der Waals surface area contributed by atoms with Gasteiger partial charge in [0.1, 0.15) is 6.10 Å². The van der Waals surface area contributed by atoms with E-state index in [1.807, 2.05) is 0 Å². The molecule has 1 fully saturated rings. The highest BCUT2D eigenvalue weighted by Crippen LogP contribution is 2.36. The monoisotopic (exact) mass is 303 g/mol. The molecule has 4 heteroatoms. The standard InChI is InChI=1S/C17H21NO2S/c1-21(19)20-16-12-18(13-16)17(14-8-4-2-5-9-14)15-10-6-3-7-11-15/h2-6,8-10,16-17H,7,11-13H2,1H3. The number of hydrogen-bond donors (Lipinski definition) is 0. The first-order valence-electron chi connectivity index (χ1n) is 7.39. The van der Waals surface area contributed by atoms with Crippen LogP contribution in [0.1, 0.15) is 24.4 Å². The first-order chi connectivity index (χ1) is 10.2. The summed E-state index contributed by atoms with van der Waals surface area (Å²) in [5.41, 5.74) is 2.79. The quantitative estimate of drug-likeness (QED) is 0.837. The summed E-state index contributed by atoms with van der Waals surface area (Å²) in [6.07, 6.45) is 10.5. The van der Waals surface area contributed by atoms with Gasteiger partial charge in [0.25, 0.3) is 0 Å². The van der Waals surface area contributed by atoms with Gasteiger partial charge in [-0.2, -0.15) is 0 Å². The Hall–Kier alpha value is -1.23. The molecule has 1 aliphatic carbocycles. The van der Waals surface area contributed by atoms with E-state index in [0.29, 0.717) is 6.04 Å². The first kappa shape index (κ1) is 14.7. The van der Waals surface area contributed by atoms with Crippen LogP contribution in [0.25, 0.3) is 0 Å².